The van der Waals surface area contributed by atoms with Crippen molar-refractivity contribution < 1.29 is 14.7 Å². The van der Waals surface area contributed by atoms with Gasteiger partial charge in [-0.2, -0.15) is 0 Å². The number of hydrogen-bond acceptors (Lipinski definition) is 2. The summed E-state index contributed by atoms with van der Waals surface area (Å²) in [7, 11) is 0. The Kier molecular flexibility index (Phi) is 12.1. The third-order valence-electron chi connectivity index (χ3n) is 4.79. The minimum absolute atomic E-state index is 0.0546. The van der Waals surface area contributed by atoms with Crippen molar-refractivity contribution in [2.24, 2.45) is 5.92 Å². The van der Waals surface area contributed by atoms with E-state index in [1.807, 2.05) is 0 Å². The van der Waals surface area contributed by atoms with Gasteiger partial charge in [0.2, 0.25) is 5.91 Å². The summed E-state index contributed by atoms with van der Waals surface area (Å²) in [4.78, 5) is 22.1. The smallest absolute Gasteiger partial charge is 0.303 e. The van der Waals surface area contributed by atoms with Crippen LogP contribution in [0.3, 0.4) is 0 Å². The van der Waals surface area contributed by atoms with Crippen LogP contribution in [0.4, 0.5) is 0 Å². The van der Waals surface area contributed by atoms with E-state index in [2.05, 4.69) is 11.4 Å². The number of aliphatic carboxylic acids is 1. The average molecular weight is 338 g/mol. The molecule has 0 bridgehead atoms. The number of allylic oxidation sites excluding steroid dienone is 1. The molecule has 1 saturated carbocycles. The Hall–Kier alpha value is -1.32. The molecule has 24 heavy (non-hydrogen) atoms. The number of carboxylic acid groups (broad SMARTS) is 1. The summed E-state index contributed by atoms with van der Waals surface area (Å²) >= 11 is 0. The number of rotatable bonds is 13. The van der Waals surface area contributed by atoms with Crippen molar-refractivity contribution in [2.75, 3.05) is 6.54 Å². The maximum atomic E-state index is 11.7. The predicted molar refractivity (Wildman–Crippen MR) is 97.9 cm³/mol. The van der Waals surface area contributed by atoms with E-state index in [-0.39, 0.29) is 5.91 Å². The van der Waals surface area contributed by atoms with Crippen LogP contribution in [0.5, 0.6) is 0 Å². The van der Waals surface area contributed by atoms with Crippen LogP contribution in [-0.4, -0.2) is 23.5 Å². The topological polar surface area (TPSA) is 66.4 Å². The summed E-state index contributed by atoms with van der Waals surface area (Å²) in [5.74, 6) is -0.0235. The van der Waals surface area contributed by atoms with Crippen LogP contribution in [0, 0.1) is 5.92 Å². The van der Waals surface area contributed by atoms with Crippen molar-refractivity contribution in [3.8, 4) is 0 Å². The fourth-order valence-corrected chi connectivity index (χ4v) is 3.28. The van der Waals surface area contributed by atoms with Crippen molar-refractivity contribution in [2.45, 2.75) is 89.9 Å². The summed E-state index contributed by atoms with van der Waals surface area (Å²) in [5.41, 5.74) is 0. The van der Waals surface area contributed by atoms with Gasteiger partial charge in [-0.05, 0) is 37.7 Å². The summed E-state index contributed by atoms with van der Waals surface area (Å²) < 4.78 is 0. The molecular weight excluding hydrogens is 302 g/mol. The predicted octanol–water partition coefficient (Wildman–Crippen LogP) is 4.83. The fraction of sp³-hybridized carbons (Fsp3) is 0.800. The second-order valence-electron chi connectivity index (χ2n) is 7.02. The molecule has 1 aliphatic carbocycles. The van der Waals surface area contributed by atoms with E-state index in [9.17, 15) is 9.59 Å². The monoisotopic (exact) mass is 337 g/mol. The summed E-state index contributed by atoms with van der Waals surface area (Å²) in [6.07, 6.45) is 19.3. The van der Waals surface area contributed by atoms with Gasteiger partial charge >= 0.3 is 5.97 Å². The summed E-state index contributed by atoms with van der Waals surface area (Å²) in [6.45, 7) is 0.770. The highest BCUT2D eigenvalue weighted by atomic mass is 16.4. The van der Waals surface area contributed by atoms with E-state index in [4.69, 9.17) is 5.11 Å². The van der Waals surface area contributed by atoms with Crippen LogP contribution in [0.25, 0.3) is 0 Å². The minimum Gasteiger partial charge on any atom is -0.481 e. The molecule has 4 nitrogen and oxygen atoms in total. The molecular formula is C20H35NO3. The van der Waals surface area contributed by atoms with Gasteiger partial charge in [0, 0.05) is 13.0 Å². The number of carboxylic acids is 1. The first kappa shape index (κ1) is 20.7. The molecule has 0 radical (unpaired) electrons. The van der Waals surface area contributed by atoms with Gasteiger partial charge in [0.25, 0.3) is 0 Å². The third-order valence-corrected chi connectivity index (χ3v) is 4.79. The lowest BCUT2D eigenvalue weighted by Crippen LogP contribution is -2.22. The number of nitrogens with one attached hydrogen (secondary N) is 1. The lowest BCUT2D eigenvalue weighted by molar-refractivity contribution is -0.137. The summed E-state index contributed by atoms with van der Waals surface area (Å²) in [6, 6.07) is 0. The Bertz CT molecular complexity index is 373. The van der Waals surface area contributed by atoms with Crippen LogP contribution in [-0.2, 0) is 9.59 Å². The quantitative estimate of drug-likeness (QED) is 0.373. The van der Waals surface area contributed by atoms with Gasteiger partial charge in [-0.1, -0.05) is 63.9 Å². The Morgan fingerprint density at radius 1 is 0.875 bits per heavy atom. The average Bonchev–Trinajstić information content (AvgIpc) is 2.58. The second-order valence-corrected chi connectivity index (χ2v) is 7.02. The molecule has 0 spiro atoms. The molecule has 1 rings (SSSR count). The van der Waals surface area contributed by atoms with Crippen LogP contribution in [0.1, 0.15) is 89.9 Å². The maximum Gasteiger partial charge on any atom is 0.303 e. The molecule has 0 heterocycles. The standard InChI is InChI=1S/C20H35NO3/c22-19(16-15-18-12-8-7-9-13-18)21-17-11-6-4-2-1-3-5-10-14-20(23)24/h15-16,18H,1-14,17H2,(H,21,22)(H,23,24)/b16-15+. The van der Waals surface area contributed by atoms with Crippen molar-refractivity contribution in [3.63, 3.8) is 0 Å². The van der Waals surface area contributed by atoms with Crippen molar-refractivity contribution >= 4 is 11.9 Å². The highest BCUT2D eigenvalue weighted by Crippen LogP contribution is 2.24. The molecule has 138 valence electrons. The van der Waals surface area contributed by atoms with Gasteiger partial charge in [-0.15, -0.1) is 0 Å². The minimum atomic E-state index is -0.689. The van der Waals surface area contributed by atoms with E-state index < -0.39 is 5.97 Å². The number of carbonyl (C=O) groups is 2. The Morgan fingerprint density at radius 2 is 1.46 bits per heavy atom. The molecule has 0 aromatic rings. The molecule has 0 unspecified atom stereocenters. The SMILES string of the molecule is O=C(O)CCCCCCCCCCNC(=O)/C=C/C1CCCCC1. The normalized spacial score (nSPS) is 15.7. The molecule has 0 atom stereocenters. The maximum absolute atomic E-state index is 11.7. The Balaban J connectivity index is 1.84. The zero-order valence-corrected chi connectivity index (χ0v) is 15.1. The zero-order chi connectivity index (χ0) is 17.5. The van der Waals surface area contributed by atoms with Gasteiger partial charge in [0.05, 0.1) is 0 Å². The molecule has 0 aliphatic heterocycles. The van der Waals surface area contributed by atoms with Crippen LogP contribution in [0.2, 0.25) is 0 Å². The van der Waals surface area contributed by atoms with E-state index in [1.165, 1.54) is 51.4 Å². The van der Waals surface area contributed by atoms with Gasteiger partial charge in [0.1, 0.15) is 0 Å². The van der Waals surface area contributed by atoms with E-state index in [0.29, 0.717) is 12.3 Å². The summed E-state index contributed by atoms with van der Waals surface area (Å²) in [5, 5.41) is 11.5. The first-order valence-electron chi connectivity index (χ1n) is 9.86. The van der Waals surface area contributed by atoms with Gasteiger partial charge in [0.15, 0.2) is 0 Å². The molecule has 2 N–H and O–H groups in total. The van der Waals surface area contributed by atoms with E-state index >= 15 is 0 Å². The number of hydrogen-bond donors (Lipinski definition) is 2. The van der Waals surface area contributed by atoms with Crippen LogP contribution < -0.4 is 5.32 Å². The largest absolute Gasteiger partial charge is 0.481 e. The molecule has 1 aliphatic rings. The molecule has 0 saturated heterocycles. The lowest BCUT2D eigenvalue weighted by Gasteiger charge is -2.17. The number of carbonyl (C=O) groups excluding carboxylic acids is 1. The second kappa shape index (κ2) is 14.1. The van der Waals surface area contributed by atoms with E-state index in [0.717, 1.165) is 38.6 Å². The van der Waals surface area contributed by atoms with Gasteiger partial charge in [-0.25, -0.2) is 0 Å². The first-order chi connectivity index (χ1) is 11.7. The van der Waals surface area contributed by atoms with Gasteiger partial charge < -0.3 is 10.4 Å². The number of unbranched alkanes of at least 4 members (excludes halogenated alkanes) is 7. The molecule has 0 aromatic heterocycles. The van der Waals surface area contributed by atoms with Crippen molar-refractivity contribution in [3.05, 3.63) is 12.2 Å². The van der Waals surface area contributed by atoms with Crippen molar-refractivity contribution in [1.29, 1.82) is 0 Å². The number of amides is 1. The van der Waals surface area contributed by atoms with Crippen LogP contribution >= 0.6 is 0 Å². The molecule has 0 aromatic carbocycles. The fourth-order valence-electron chi connectivity index (χ4n) is 3.28. The Morgan fingerprint density at radius 3 is 2.08 bits per heavy atom. The highest BCUT2D eigenvalue weighted by Gasteiger charge is 2.10. The Labute approximate surface area is 147 Å². The first-order valence-corrected chi connectivity index (χ1v) is 9.86. The lowest BCUT2D eigenvalue weighted by atomic mass is 9.89. The zero-order valence-electron chi connectivity index (χ0n) is 15.1. The molecule has 4 heteroatoms. The van der Waals surface area contributed by atoms with Gasteiger partial charge in [-0.3, -0.25) is 9.59 Å². The highest BCUT2D eigenvalue weighted by molar-refractivity contribution is 5.87. The van der Waals surface area contributed by atoms with E-state index in [1.54, 1.807) is 6.08 Å². The molecule has 1 fully saturated rings. The van der Waals surface area contributed by atoms with Crippen molar-refractivity contribution in [1.82, 2.24) is 5.32 Å². The molecule has 1 amide bonds. The van der Waals surface area contributed by atoms with Crippen LogP contribution in [0.15, 0.2) is 12.2 Å². The third kappa shape index (κ3) is 12.1.